The standard InChI is InChI=1S/C12H15BrO2/c1-14-8-12(5-6-12)10-3-2-4-11(7-10)15-9-13/h2-4,7H,5-6,8-9H2,1H3. The summed E-state index contributed by atoms with van der Waals surface area (Å²) in [5.74, 6) is 0.923. The number of alkyl halides is 1. The first-order valence-electron chi connectivity index (χ1n) is 5.09. The van der Waals surface area contributed by atoms with E-state index in [2.05, 4.69) is 28.1 Å². The van der Waals surface area contributed by atoms with Gasteiger partial charge in [0.25, 0.3) is 0 Å². The Balaban J connectivity index is 2.17. The minimum atomic E-state index is 0.264. The van der Waals surface area contributed by atoms with Crippen LogP contribution >= 0.6 is 15.9 Å². The molecule has 0 saturated heterocycles. The van der Waals surface area contributed by atoms with Crippen LogP contribution in [0.1, 0.15) is 18.4 Å². The van der Waals surface area contributed by atoms with Crippen LogP contribution in [0.3, 0.4) is 0 Å². The number of hydrogen-bond donors (Lipinski definition) is 0. The zero-order chi connectivity index (χ0) is 10.7. The third-order valence-corrected chi connectivity index (χ3v) is 3.17. The fourth-order valence-electron chi connectivity index (χ4n) is 1.92. The highest BCUT2D eigenvalue weighted by Crippen LogP contribution is 2.48. The average molecular weight is 271 g/mol. The van der Waals surface area contributed by atoms with Crippen molar-refractivity contribution in [1.29, 1.82) is 0 Å². The molecule has 1 aromatic carbocycles. The summed E-state index contributed by atoms with van der Waals surface area (Å²) in [6.45, 7) is 0.810. The van der Waals surface area contributed by atoms with Crippen molar-refractivity contribution >= 4 is 15.9 Å². The van der Waals surface area contributed by atoms with E-state index in [1.54, 1.807) is 7.11 Å². The number of rotatable bonds is 5. The largest absolute Gasteiger partial charge is 0.482 e. The van der Waals surface area contributed by atoms with Crippen LogP contribution in [-0.2, 0) is 10.2 Å². The van der Waals surface area contributed by atoms with Crippen LogP contribution in [0.4, 0.5) is 0 Å². The van der Waals surface area contributed by atoms with Gasteiger partial charge in [0.15, 0.2) is 0 Å². The molecule has 1 saturated carbocycles. The number of hydrogen-bond acceptors (Lipinski definition) is 2. The van der Waals surface area contributed by atoms with Gasteiger partial charge in [0.2, 0.25) is 0 Å². The lowest BCUT2D eigenvalue weighted by atomic mass is 9.97. The number of methoxy groups -OCH3 is 1. The van der Waals surface area contributed by atoms with Crippen molar-refractivity contribution in [3.05, 3.63) is 29.8 Å². The molecule has 0 amide bonds. The van der Waals surface area contributed by atoms with Gasteiger partial charge < -0.3 is 9.47 Å². The molecule has 0 aromatic heterocycles. The van der Waals surface area contributed by atoms with Crippen molar-refractivity contribution in [2.75, 3.05) is 19.2 Å². The lowest BCUT2D eigenvalue weighted by Crippen LogP contribution is -2.13. The topological polar surface area (TPSA) is 18.5 Å². The Bertz CT molecular complexity index is 334. The molecule has 1 aliphatic rings. The molecule has 1 fully saturated rings. The maximum absolute atomic E-state index is 5.42. The minimum Gasteiger partial charge on any atom is -0.482 e. The second-order valence-electron chi connectivity index (χ2n) is 3.99. The van der Waals surface area contributed by atoms with Crippen LogP contribution in [0.15, 0.2) is 24.3 Å². The second-order valence-corrected chi connectivity index (χ2v) is 4.45. The van der Waals surface area contributed by atoms with Crippen LogP contribution in [-0.4, -0.2) is 19.2 Å². The van der Waals surface area contributed by atoms with E-state index < -0.39 is 0 Å². The van der Waals surface area contributed by atoms with Crippen molar-refractivity contribution in [3.63, 3.8) is 0 Å². The minimum absolute atomic E-state index is 0.264. The predicted octanol–water partition coefficient (Wildman–Crippen LogP) is 3.10. The van der Waals surface area contributed by atoms with E-state index in [1.165, 1.54) is 18.4 Å². The van der Waals surface area contributed by atoms with E-state index in [1.807, 2.05) is 12.1 Å². The first kappa shape index (κ1) is 11.0. The van der Waals surface area contributed by atoms with Gasteiger partial charge in [0.05, 0.1) is 6.61 Å². The average Bonchev–Trinajstić information content (AvgIpc) is 3.01. The Kier molecular flexibility index (Phi) is 3.32. The Morgan fingerprint density at radius 2 is 2.20 bits per heavy atom. The highest BCUT2D eigenvalue weighted by molar-refractivity contribution is 9.09. The van der Waals surface area contributed by atoms with Crippen molar-refractivity contribution in [3.8, 4) is 5.75 Å². The van der Waals surface area contributed by atoms with Gasteiger partial charge in [-0.15, -0.1) is 0 Å². The van der Waals surface area contributed by atoms with Gasteiger partial charge in [-0.1, -0.05) is 12.1 Å². The summed E-state index contributed by atoms with van der Waals surface area (Å²) in [5, 5.41) is 0. The molecule has 82 valence electrons. The molecular weight excluding hydrogens is 256 g/mol. The van der Waals surface area contributed by atoms with E-state index in [0.717, 1.165) is 12.4 Å². The predicted molar refractivity (Wildman–Crippen MR) is 63.7 cm³/mol. The SMILES string of the molecule is COCC1(c2cccc(OCBr)c2)CC1. The summed E-state index contributed by atoms with van der Waals surface area (Å²) in [5.41, 5.74) is 2.14. The molecular formula is C12H15BrO2. The maximum Gasteiger partial charge on any atom is 0.143 e. The zero-order valence-electron chi connectivity index (χ0n) is 8.83. The van der Waals surface area contributed by atoms with Crippen molar-refractivity contribution < 1.29 is 9.47 Å². The third kappa shape index (κ3) is 2.34. The first-order chi connectivity index (χ1) is 7.30. The molecule has 0 N–H and O–H groups in total. The fraction of sp³-hybridized carbons (Fsp3) is 0.500. The molecule has 15 heavy (non-hydrogen) atoms. The molecule has 0 heterocycles. The highest BCUT2D eigenvalue weighted by Gasteiger charge is 2.44. The molecule has 0 spiro atoms. The molecule has 0 atom stereocenters. The molecule has 0 unspecified atom stereocenters. The summed E-state index contributed by atoms with van der Waals surface area (Å²) in [6, 6.07) is 8.30. The maximum atomic E-state index is 5.42. The van der Waals surface area contributed by atoms with Gasteiger partial charge in [-0.05, 0) is 46.5 Å². The number of benzene rings is 1. The Labute approximate surface area is 98.7 Å². The lowest BCUT2D eigenvalue weighted by Gasteiger charge is -2.15. The van der Waals surface area contributed by atoms with Gasteiger partial charge in [-0.25, -0.2) is 0 Å². The van der Waals surface area contributed by atoms with E-state index in [4.69, 9.17) is 9.47 Å². The van der Waals surface area contributed by atoms with Crippen molar-refractivity contribution in [2.45, 2.75) is 18.3 Å². The Morgan fingerprint density at radius 3 is 2.80 bits per heavy atom. The normalized spacial score (nSPS) is 17.5. The van der Waals surface area contributed by atoms with Crippen LogP contribution in [0.5, 0.6) is 5.75 Å². The van der Waals surface area contributed by atoms with Crippen LogP contribution in [0.2, 0.25) is 0 Å². The molecule has 0 bridgehead atoms. The van der Waals surface area contributed by atoms with Crippen molar-refractivity contribution in [1.82, 2.24) is 0 Å². The Hall–Kier alpha value is -0.540. The summed E-state index contributed by atoms with van der Waals surface area (Å²) < 4.78 is 10.7. The molecule has 1 aliphatic carbocycles. The number of halogens is 1. The fourth-order valence-corrected chi connectivity index (χ4v) is 2.19. The van der Waals surface area contributed by atoms with Gasteiger partial charge in [0, 0.05) is 12.5 Å². The van der Waals surface area contributed by atoms with E-state index >= 15 is 0 Å². The molecule has 0 radical (unpaired) electrons. The molecule has 1 aromatic rings. The molecule has 0 aliphatic heterocycles. The smallest absolute Gasteiger partial charge is 0.143 e. The summed E-state index contributed by atoms with van der Waals surface area (Å²) in [6.07, 6.45) is 2.44. The Morgan fingerprint density at radius 1 is 1.40 bits per heavy atom. The van der Waals surface area contributed by atoms with Crippen LogP contribution in [0, 0.1) is 0 Å². The summed E-state index contributed by atoms with van der Waals surface area (Å²) in [7, 11) is 1.76. The lowest BCUT2D eigenvalue weighted by molar-refractivity contribution is 0.171. The molecule has 2 nitrogen and oxygen atoms in total. The van der Waals surface area contributed by atoms with Gasteiger partial charge in [-0.3, -0.25) is 0 Å². The summed E-state index contributed by atoms with van der Waals surface area (Å²) in [4.78, 5) is 0. The third-order valence-electron chi connectivity index (χ3n) is 2.94. The van der Waals surface area contributed by atoms with E-state index in [0.29, 0.717) is 5.52 Å². The second kappa shape index (κ2) is 4.54. The zero-order valence-corrected chi connectivity index (χ0v) is 10.4. The molecule has 3 heteroatoms. The summed E-state index contributed by atoms with van der Waals surface area (Å²) >= 11 is 3.26. The van der Waals surface area contributed by atoms with Gasteiger partial charge in [-0.2, -0.15) is 0 Å². The quantitative estimate of drug-likeness (QED) is 0.766. The highest BCUT2D eigenvalue weighted by atomic mass is 79.9. The van der Waals surface area contributed by atoms with Gasteiger partial charge >= 0.3 is 0 Å². The monoisotopic (exact) mass is 270 g/mol. The molecule has 2 rings (SSSR count). The van der Waals surface area contributed by atoms with Crippen LogP contribution < -0.4 is 4.74 Å². The van der Waals surface area contributed by atoms with Gasteiger partial charge in [0.1, 0.15) is 11.3 Å². The van der Waals surface area contributed by atoms with E-state index in [9.17, 15) is 0 Å². The number of ether oxygens (including phenoxy) is 2. The van der Waals surface area contributed by atoms with Crippen LogP contribution in [0.25, 0.3) is 0 Å². The first-order valence-corrected chi connectivity index (χ1v) is 6.21. The van der Waals surface area contributed by atoms with E-state index in [-0.39, 0.29) is 5.41 Å². The van der Waals surface area contributed by atoms with Crippen molar-refractivity contribution in [2.24, 2.45) is 0 Å².